The fraction of sp³-hybridized carbons (Fsp3) is 0.500. The van der Waals surface area contributed by atoms with Gasteiger partial charge in [-0.1, -0.05) is 25.4 Å². The van der Waals surface area contributed by atoms with Crippen molar-refractivity contribution in [2.45, 2.75) is 13.8 Å². The van der Waals surface area contributed by atoms with Crippen LogP contribution in [0, 0.1) is 5.92 Å². The molecule has 0 aliphatic heterocycles. The average Bonchev–Trinajstić information content (AvgIpc) is 2.42. The highest BCUT2D eigenvalue weighted by Gasteiger charge is 2.16. The van der Waals surface area contributed by atoms with Crippen LogP contribution >= 0.6 is 11.6 Å². The van der Waals surface area contributed by atoms with Gasteiger partial charge in [-0.2, -0.15) is 0 Å². The number of aliphatic hydroxyl groups excluding tert-OH is 1. The first kappa shape index (κ1) is 16.6. The number of nitrogens with one attached hydrogen (secondary N) is 1. The van der Waals surface area contributed by atoms with Crippen molar-refractivity contribution in [3.8, 4) is 11.5 Å². The van der Waals surface area contributed by atoms with Gasteiger partial charge < -0.3 is 19.9 Å². The Bertz CT molecular complexity index is 463. The highest BCUT2D eigenvalue weighted by atomic mass is 35.5. The number of ether oxygens (including phenoxy) is 2. The molecule has 0 atom stereocenters. The van der Waals surface area contributed by atoms with E-state index < -0.39 is 0 Å². The maximum atomic E-state index is 11.8. The van der Waals surface area contributed by atoms with Gasteiger partial charge in [-0.05, 0) is 18.1 Å². The zero-order valence-electron chi connectivity index (χ0n) is 11.9. The number of aliphatic hydroxyl groups is 1. The number of carbonyl (C=O) groups excluding carboxylic acids is 1. The summed E-state index contributed by atoms with van der Waals surface area (Å²) in [7, 11) is 1.49. The molecule has 0 radical (unpaired) electrons. The van der Waals surface area contributed by atoms with Gasteiger partial charge in [0.1, 0.15) is 0 Å². The van der Waals surface area contributed by atoms with Gasteiger partial charge in [0, 0.05) is 12.1 Å². The Labute approximate surface area is 123 Å². The van der Waals surface area contributed by atoms with E-state index >= 15 is 0 Å². The molecule has 0 aliphatic carbocycles. The third kappa shape index (κ3) is 4.58. The molecular weight excluding hydrogens is 282 g/mol. The Morgan fingerprint density at radius 3 is 2.70 bits per heavy atom. The van der Waals surface area contributed by atoms with Crippen LogP contribution < -0.4 is 14.8 Å². The van der Waals surface area contributed by atoms with Crippen molar-refractivity contribution in [1.29, 1.82) is 0 Å². The molecule has 0 unspecified atom stereocenters. The molecule has 1 aromatic rings. The summed E-state index contributed by atoms with van der Waals surface area (Å²) < 4.78 is 10.8. The van der Waals surface area contributed by atoms with E-state index in [-0.39, 0.29) is 19.1 Å². The van der Waals surface area contributed by atoms with E-state index in [0.717, 1.165) is 0 Å². The first-order chi connectivity index (χ1) is 9.49. The Hall–Kier alpha value is -1.46. The second-order valence-corrected chi connectivity index (χ2v) is 5.08. The van der Waals surface area contributed by atoms with Crippen LogP contribution in [-0.4, -0.2) is 37.9 Å². The number of halogens is 1. The van der Waals surface area contributed by atoms with E-state index in [1.54, 1.807) is 6.07 Å². The minimum Gasteiger partial charge on any atom is -0.493 e. The Morgan fingerprint density at radius 1 is 1.45 bits per heavy atom. The number of carbonyl (C=O) groups is 1. The van der Waals surface area contributed by atoms with Crippen molar-refractivity contribution in [1.82, 2.24) is 5.32 Å². The van der Waals surface area contributed by atoms with Crippen LogP contribution in [0.2, 0.25) is 5.02 Å². The van der Waals surface area contributed by atoms with Crippen molar-refractivity contribution in [3.05, 3.63) is 22.7 Å². The molecule has 5 nitrogen and oxygen atoms in total. The van der Waals surface area contributed by atoms with Gasteiger partial charge in [0.05, 0.1) is 25.3 Å². The van der Waals surface area contributed by atoms with Crippen LogP contribution in [0.3, 0.4) is 0 Å². The molecule has 0 fully saturated rings. The smallest absolute Gasteiger partial charge is 0.251 e. The molecule has 0 heterocycles. The third-order valence-electron chi connectivity index (χ3n) is 2.45. The van der Waals surface area contributed by atoms with E-state index in [9.17, 15) is 4.79 Å². The summed E-state index contributed by atoms with van der Waals surface area (Å²) in [5.41, 5.74) is 0.359. The summed E-state index contributed by atoms with van der Waals surface area (Å²) in [4.78, 5) is 11.8. The van der Waals surface area contributed by atoms with Gasteiger partial charge in [0.2, 0.25) is 0 Å². The number of benzene rings is 1. The van der Waals surface area contributed by atoms with E-state index in [1.807, 2.05) is 13.8 Å². The van der Waals surface area contributed by atoms with Crippen molar-refractivity contribution in [3.63, 3.8) is 0 Å². The van der Waals surface area contributed by atoms with Crippen molar-refractivity contribution in [2.24, 2.45) is 5.92 Å². The Morgan fingerprint density at radius 2 is 2.15 bits per heavy atom. The quantitative estimate of drug-likeness (QED) is 0.809. The van der Waals surface area contributed by atoms with Crippen LogP contribution in [0.5, 0.6) is 11.5 Å². The van der Waals surface area contributed by atoms with Crippen molar-refractivity contribution >= 4 is 17.5 Å². The minimum absolute atomic E-state index is 0.119. The second-order valence-electron chi connectivity index (χ2n) is 4.67. The predicted octanol–water partition coefficient (Wildman–Crippen LogP) is 2.11. The molecule has 6 heteroatoms. The van der Waals surface area contributed by atoms with Gasteiger partial charge in [0.15, 0.2) is 11.5 Å². The highest BCUT2D eigenvalue weighted by molar-refractivity contribution is 6.32. The van der Waals surface area contributed by atoms with Crippen LogP contribution in [0.4, 0.5) is 0 Å². The van der Waals surface area contributed by atoms with Crippen LogP contribution in [0.25, 0.3) is 0 Å². The molecule has 0 spiro atoms. The fourth-order valence-electron chi connectivity index (χ4n) is 1.51. The van der Waals surface area contributed by atoms with E-state index in [4.69, 9.17) is 26.2 Å². The monoisotopic (exact) mass is 301 g/mol. The topological polar surface area (TPSA) is 67.8 Å². The minimum atomic E-state index is -0.324. The maximum Gasteiger partial charge on any atom is 0.251 e. The largest absolute Gasteiger partial charge is 0.493 e. The number of hydrogen-bond acceptors (Lipinski definition) is 4. The number of hydrogen-bond donors (Lipinski definition) is 2. The van der Waals surface area contributed by atoms with E-state index in [1.165, 1.54) is 13.2 Å². The van der Waals surface area contributed by atoms with Crippen LogP contribution in [-0.2, 0) is 0 Å². The maximum absolute atomic E-state index is 11.8. The van der Waals surface area contributed by atoms with Crippen molar-refractivity contribution in [2.75, 3.05) is 26.9 Å². The lowest BCUT2D eigenvalue weighted by Crippen LogP contribution is -2.26. The first-order valence-corrected chi connectivity index (χ1v) is 6.76. The molecule has 1 rings (SSSR count). The normalized spacial score (nSPS) is 10.5. The van der Waals surface area contributed by atoms with Crippen LogP contribution in [0.15, 0.2) is 12.1 Å². The highest BCUT2D eigenvalue weighted by Crippen LogP contribution is 2.36. The van der Waals surface area contributed by atoms with Gasteiger partial charge in [-0.3, -0.25) is 4.79 Å². The summed E-state index contributed by atoms with van der Waals surface area (Å²) in [6.07, 6.45) is 0. The zero-order valence-corrected chi connectivity index (χ0v) is 12.7. The van der Waals surface area contributed by atoms with Gasteiger partial charge in [-0.15, -0.1) is 0 Å². The summed E-state index contributed by atoms with van der Waals surface area (Å²) >= 11 is 6.14. The number of methoxy groups -OCH3 is 1. The molecule has 0 aliphatic rings. The second kappa shape index (κ2) is 7.97. The molecule has 0 saturated heterocycles. The molecule has 0 aromatic heterocycles. The fourth-order valence-corrected chi connectivity index (χ4v) is 1.78. The molecule has 20 heavy (non-hydrogen) atoms. The summed E-state index contributed by atoms with van der Waals surface area (Å²) in [5, 5.41) is 11.6. The summed E-state index contributed by atoms with van der Waals surface area (Å²) in [6.45, 7) is 4.62. The number of rotatable bonds is 7. The van der Waals surface area contributed by atoms with Gasteiger partial charge in [0.25, 0.3) is 5.91 Å². The summed E-state index contributed by atoms with van der Waals surface area (Å²) in [6, 6.07) is 3.08. The van der Waals surface area contributed by atoms with Crippen LogP contribution in [0.1, 0.15) is 24.2 Å². The van der Waals surface area contributed by atoms with E-state index in [2.05, 4.69) is 5.32 Å². The molecule has 2 N–H and O–H groups in total. The molecule has 112 valence electrons. The third-order valence-corrected chi connectivity index (χ3v) is 2.73. The molecule has 1 amide bonds. The lowest BCUT2D eigenvalue weighted by Gasteiger charge is -2.15. The first-order valence-electron chi connectivity index (χ1n) is 6.39. The zero-order chi connectivity index (χ0) is 15.1. The van der Waals surface area contributed by atoms with E-state index in [0.29, 0.717) is 34.6 Å². The average molecular weight is 302 g/mol. The molecule has 0 saturated carbocycles. The molecule has 0 bridgehead atoms. The number of amides is 1. The van der Waals surface area contributed by atoms with Gasteiger partial charge >= 0.3 is 0 Å². The SMILES string of the molecule is COc1cc(C(=O)NCCO)cc(Cl)c1OCC(C)C. The standard InChI is InChI=1S/C14H20ClNO4/c1-9(2)8-20-13-11(15)6-10(7-12(13)19-3)14(18)16-4-5-17/h6-7,9,17H,4-5,8H2,1-3H3,(H,16,18). The molecule has 1 aromatic carbocycles. The molecular formula is C14H20ClNO4. The lowest BCUT2D eigenvalue weighted by atomic mass is 10.2. The summed E-state index contributed by atoms with van der Waals surface area (Å²) in [5.74, 6) is 0.867. The Balaban J connectivity index is 2.97. The lowest BCUT2D eigenvalue weighted by molar-refractivity contribution is 0.0944. The van der Waals surface area contributed by atoms with Crippen molar-refractivity contribution < 1.29 is 19.4 Å². The van der Waals surface area contributed by atoms with Gasteiger partial charge in [-0.25, -0.2) is 0 Å². The predicted molar refractivity (Wildman–Crippen MR) is 77.8 cm³/mol. The Kier molecular flexibility index (Phi) is 6.61.